The molecule has 0 radical (unpaired) electrons. The standard InChI is InChI=1S/C10H15NO4/c1-3-7(4-2)11-10(13)15-9-6-5-8(12)14-9/h5-7,9H,3-4H2,1-2H3,(H,11,13). The monoisotopic (exact) mass is 213 g/mol. The van der Waals surface area contributed by atoms with Gasteiger partial charge in [-0.3, -0.25) is 0 Å². The van der Waals surface area contributed by atoms with Crippen LogP contribution in [0.3, 0.4) is 0 Å². The Morgan fingerprint density at radius 1 is 1.60 bits per heavy atom. The van der Waals surface area contributed by atoms with Gasteiger partial charge in [-0.2, -0.15) is 0 Å². The van der Waals surface area contributed by atoms with Crippen LogP contribution < -0.4 is 5.32 Å². The average Bonchev–Trinajstić information content (AvgIpc) is 2.60. The molecule has 15 heavy (non-hydrogen) atoms. The molecule has 1 rings (SSSR count). The van der Waals surface area contributed by atoms with Crippen LogP contribution in [0.2, 0.25) is 0 Å². The van der Waals surface area contributed by atoms with Crippen LogP contribution in [0.5, 0.6) is 0 Å². The van der Waals surface area contributed by atoms with Gasteiger partial charge >= 0.3 is 12.1 Å². The molecule has 0 spiro atoms. The lowest BCUT2D eigenvalue weighted by Crippen LogP contribution is -2.36. The predicted molar refractivity (Wildman–Crippen MR) is 53.0 cm³/mol. The summed E-state index contributed by atoms with van der Waals surface area (Å²) < 4.78 is 9.48. The fraction of sp³-hybridized carbons (Fsp3) is 0.600. The number of hydrogen-bond donors (Lipinski definition) is 1. The van der Waals surface area contributed by atoms with Crippen LogP contribution in [-0.2, 0) is 14.3 Å². The highest BCUT2D eigenvalue weighted by atomic mass is 16.7. The van der Waals surface area contributed by atoms with Crippen molar-refractivity contribution in [2.45, 2.75) is 39.0 Å². The molecule has 0 aromatic heterocycles. The van der Waals surface area contributed by atoms with E-state index in [-0.39, 0.29) is 6.04 Å². The van der Waals surface area contributed by atoms with Crippen molar-refractivity contribution in [3.8, 4) is 0 Å². The molecule has 0 saturated carbocycles. The Hall–Kier alpha value is -1.52. The van der Waals surface area contributed by atoms with Gasteiger partial charge in [0.2, 0.25) is 0 Å². The molecular weight excluding hydrogens is 198 g/mol. The normalized spacial score (nSPS) is 19.1. The van der Waals surface area contributed by atoms with Crippen LogP contribution in [-0.4, -0.2) is 24.4 Å². The lowest BCUT2D eigenvalue weighted by Gasteiger charge is -2.16. The number of rotatable bonds is 4. The maximum absolute atomic E-state index is 11.3. The van der Waals surface area contributed by atoms with Gasteiger partial charge in [-0.05, 0) is 12.8 Å². The van der Waals surface area contributed by atoms with Gasteiger partial charge in [-0.15, -0.1) is 0 Å². The lowest BCUT2D eigenvalue weighted by atomic mass is 10.2. The van der Waals surface area contributed by atoms with E-state index in [9.17, 15) is 9.59 Å². The number of carbonyl (C=O) groups excluding carboxylic acids is 2. The van der Waals surface area contributed by atoms with E-state index in [1.807, 2.05) is 13.8 Å². The Morgan fingerprint density at radius 3 is 2.73 bits per heavy atom. The van der Waals surface area contributed by atoms with E-state index in [0.717, 1.165) is 12.8 Å². The molecule has 5 heteroatoms. The van der Waals surface area contributed by atoms with Crippen LogP contribution in [0.1, 0.15) is 26.7 Å². The Bertz CT molecular complexity index is 271. The van der Waals surface area contributed by atoms with Gasteiger partial charge in [0.05, 0.1) is 0 Å². The summed E-state index contributed by atoms with van der Waals surface area (Å²) in [6.45, 7) is 3.95. The minimum absolute atomic E-state index is 0.0959. The highest BCUT2D eigenvalue weighted by molar-refractivity contribution is 5.84. The second-order valence-electron chi connectivity index (χ2n) is 3.23. The molecule has 0 aromatic carbocycles. The molecule has 1 amide bonds. The van der Waals surface area contributed by atoms with Crippen molar-refractivity contribution in [3.63, 3.8) is 0 Å². The lowest BCUT2D eigenvalue weighted by molar-refractivity contribution is -0.150. The summed E-state index contributed by atoms with van der Waals surface area (Å²) in [5.74, 6) is -0.490. The summed E-state index contributed by atoms with van der Waals surface area (Å²) in [7, 11) is 0. The number of esters is 1. The predicted octanol–water partition coefficient (Wildman–Crippen LogP) is 1.34. The van der Waals surface area contributed by atoms with Crippen molar-refractivity contribution in [3.05, 3.63) is 12.2 Å². The number of nitrogens with one attached hydrogen (secondary N) is 1. The maximum atomic E-state index is 11.3. The zero-order chi connectivity index (χ0) is 11.3. The number of alkyl carbamates (subject to hydrolysis) is 1. The number of ether oxygens (including phenoxy) is 2. The smallest absolute Gasteiger partial charge is 0.410 e. The van der Waals surface area contributed by atoms with Crippen molar-refractivity contribution < 1.29 is 19.1 Å². The largest absolute Gasteiger partial charge is 0.418 e. The van der Waals surface area contributed by atoms with Gasteiger partial charge in [0.1, 0.15) is 0 Å². The van der Waals surface area contributed by atoms with Crippen molar-refractivity contribution in [1.82, 2.24) is 5.32 Å². The third-order valence-electron chi connectivity index (χ3n) is 2.15. The zero-order valence-corrected chi connectivity index (χ0v) is 8.86. The topological polar surface area (TPSA) is 64.6 Å². The third kappa shape index (κ3) is 3.61. The zero-order valence-electron chi connectivity index (χ0n) is 8.86. The Balaban J connectivity index is 2.30. The first kappa shape index (κ1) is 11.6. The van der Waals surface area contributed by atoms with E-state index in [1.54, 1.807) is 0 Å². The molecule has 1 aliphatic heterocycles. The fourth-order valence-corrected chi connectivity index (χ4v) is 1.21. The van der Waals surface area contributed by atoms with Gasteiger partial charge in [0.15, 0.2) is 0 Å². The maximum Gasteiger partial charge on any atom is 0.410 e. The first-order chi connectivity index (χ1) is 7.15. The molecule has 0 fully saturated rings. The van der Waals surface area contributed by atoms with Crippen molar-refractivity contribution in [1.29, 1.82) is 0 Å². The summed E-state index contributed by atoms with van der Waals surface area (Å²) in [5, 5.41) is 2.67. The molecule has 0 bridgehead atoms. The van der Waals surface area contributed by atoms with Crippen LogP contribution in [0.25, 0.3) is 0 Å². The molecule has 0 saturated heterocycles. The molecule has 1 unspecified atom stereocenters. The van der Waals surface area contributed by atoms with Gasteiger partial charge in [-0.25, -0.2) is 9.59 Å². The third-order valence-corrected chi connectivity index (χ3v) is 2.15. The summed E-state index contributed by atoms with van der Waals surface area (Å²) in [6, 6.07) is 0.0959. The van der Waals surface area contributed by atoms with Crippen LogP contribution >= 0.6 is 0 Å². The molecule has 1 atom stereocenters. The first-order valence-electron chi connectivity index (χ1n) is 5.01. The fourth-order valence-electron chi connectivity index (χ4n) is 1.21. The van der Waals surface area contributed by atoms with E-state index in [4.69, 9.17) is 4.74 Å². The van der Waals surface area contributed by atoms with Gasteiger partial charge in [0, 0.05) is 18.2 Å². The molecule has 1 aliphatic rings. The summed E-state index contributed by atoms with van der Waals surface area (Å²) in [5.41, 5.74) is 0. The Labute approximate surface area is 88.4 Å². The van der Waals surface area contributed by atoms with Crippen LogP contribution in [0, 0.1) is 0 Å². The minimum atomic E-state index is -0.883. The van der Waals surface area contributed by atoms with E-state index in [1.165, 1.54) is 12.2 Å². The highest BCUT2D eigenvalue weighted by Gasteiger charge is 2.21. The van der Waals surface area contributed by atoms with Crippen molar-refractivity contribution >= 4 is 12.1 Å². The second kappa shape index (κ2) is 5.38. The number of cyclic esters (lactones) is 1. The molecule has 1 heterocycles. The summed E-state index contributed by atoms with van der Waals surface area (Å²) >= 11 is 0. The van der Waals surface area contributed by atoms with Crippen molar-refractivity contribution in [2.75, 3.05) is 0 Å². The number of carbonyl (C=O) groups is 2. The number of hydrogen-bond acceptors (Lipinski definition) is 4. The minimum Gasteiger partial charge on any atom is -0.418 e. The van der Waals surface area contributed by atoms with Crippen LogP contribution in [0.4, 0.5) is 4.79 Å². The van der Waals surface area contributed by atoms with E-state index < -0.39 is 18.4 Å². The summed E-state index contributed by atoms with van der Waals surface area (Å²) in [6.07, 6.45) is 2.86. The SMILES string of the molecule is CCC(CC)NC(=O)OC1C=CC(=O)O1. The van der Waals surface area contributed by atoms with E-state index in [2.05, 4.69) is 10.1 Å². The Kier molecular flexibility index (Phi) is 4.15. The first-order valence-corrected chi connectivity index (χ1v) is 5.01. The highest BCUT2D eigenvalue weighted by Crippen LogP contribution is 2.07. The van der Waals surface area contributed by atoms with E-state index in [0.29, 0.717) is 0 Å². The number of amides is 1. The Morgan fingerprint density at radius 2 is 2.27 bits per heavy atom. The molecule has 84 valence electrons. The molecule has 1 N–H and O–H groups in total. The second-order valence-corrected chi connectivity index (χ2v) is 3.23. The van der Waals surface area contributed by atoms with Gasteiger partial charge < -0.3 is 14.8 Å². The molecule has 0 aliphatic carbocycles. The van der Waals surface area contributed by atoms with Crippen LogP contribution in [0.15, 0.2) is 12.2 Å². The summed E-state index contributed by atoms with van der Waals surface area (Å²) in [4.78, 5) is 21.9. The molecule has 5 nitrogen and oxygen atoms in total. The quantitative estimate of drug-likeness (QED) is 0.716. The average molecular weight is 213 g/mol. The van der Waals surface area contributed by atoms with Gasteiger partial charge in [0.25, 0.3) is 6.29 Å². The molecule has 0 aromatic rings. The van der Waals surface area contributed by atoms with Crippen molar-refractivity contribution in [2.24, 2.45) is 0 Å². The van der Waals surface area contributed by atoms with E-state index >= 15 is 0 Å². The van der Waals surface area contributed by atoms with Gasteiger partial charge in [-0.1, -0.05) is 13.8 Å². The molecular formula is C10H15NO4.